The van der Waals surface area contributed by atoms with Crippen LogP contribution in [-0.2, 0) is 11.3 Å². The smallest absolute Gasteiger partial charge is 0.233 e. The lowest BCUT2D eigenvalue weighted by atomic mass is 10.00. The molecule has 1 amide bonds. The summed E-state index contributed by atoms with van der Waals surface area (Å²) < 4.78 is 2.17. The molecule has 1 unspecified atom stereocenters. The van der Waals surface area contributed by atoms with Crippen LogP contribution in [-0.4, -0.2) is 63.4 Å². The maximum Gasteiger partial charge on any atom is 0.233 e. The zero-order valence-corrected chi connectivity index (χ0v) is 21.0. The molecule has 6 nitrogen and oxygen atoms in total. The van der Waals surface area contributed by atoms with Crippen LogP contribution >= 0.6 is 11.8 Å². The Morgan fingerprint density at radius 3 is 2.38 bits per heavy atom. The Kier molecular flexibility index (Phi) is 8.19. The fraction of sp³-hybridized carbons (Fsp3) is 0.370. The molecule has 178 valence electrons. The molecule has 7 heteroatoms. The van der Waals surface area contributed by atoms with Gasteiger partial charge in [-0.3, -0.25) is 9.69 Å². The number of carbonyl (C=O) groups is 1. The molecule has 0 bridgehead atoms. The average Bonchev–Trinajstić information content (AvgIpc) is 3.26. The second kappa shape index (κ2) is 11.5. The Morgan fingerprint density at radius 2 is 1.76 bits per heavy atom. The van der Waals surface area contributed by atoms with E-state index >= 15 is 0 Å². The SMILES string of the molecule is CCC(c1nnc(SCC(=O)N2CC=C(c3ccccc3)CC2)n1Cc1ccccc1)N(C)C. The Hall–Kier alpha value is -2.90. The van der Waals surface area contributed by atoms with Gasteiger partial charge in [-0.25, -0.2) is 0 Å². The van der Waals surface area contributed by atoms with Gasteiger partial charge in [0.2, 0.25) is 5.91 Å². The summed E-state index contributed by atoms with van der Waals surface area (Å²) in [7, 11) is 4.14. The van der Waals surface area contributed by atoms with E-state index in [9.17, 15) is 4.79 Å². The van der Waals surface area contributed by atoms with Crippen LogP contribution in [0.2, 0.25) is 0 Å². The predicted molar refractivity (Wildman–Crippen MR) is 139 cm³/mol. The molecule has 0 radical (unpaired) electrons. The Balaban J connectivity index is 1.45. The van der Waals surface area contributed by atoms with Gasteiger partial charge in [-0.15, -0.1) is 10.2 Å². The zero-order chi connectivity index (χ0) is 23.9. The standard InChI is InChI=1S/C27H33N5OS/c1-4-24(30(2)3)26-28-29-27(32(26)19-21-11-7-5-8-12-21)34-20-25(33)31-17-15-23(16-18-31)22-13-9-6-10-14-22/h5-15,24H,4,16-20H2,1-3H3. The van der Waals surface area contributed by atoms with Gasteiger partial charge in [0.1, 0.15) is 0 Å². The van der Waals surface area contributed by atoms with Crippen LogP contribution in [0.25, 0.3) is 5.57 Å². The molecule has 1 aromatic heterocycles. The van der Waals surface area contributed by atoms with E-state index in [2.05, 4.69) is 83.2 Å². The summed E-state index contributed by atoms with van der Waals surface area (Å²) in [5.74, 6) is 1.45. The largest absolute Gasteiger partial charge is 0.338 e. The Labute approximate surface area is 206 Å². The number of benzene rings is 2. The molecule has 0 aliphatic carbocycles. The third-order valence-corrected chi connectivity index (χ3v) is 7.22. The Morgan fingerprint density at radius 1 is 1.06 bits per heavy atom. The monoisotopic (exact) mass is 475 g/mol. The molecular formula is C27H33N5OS. The fourth-order valence-electron chi connectivity index (χ4n) is 4.37. The summed E-state index contributed by atoms with van der Waals surface area (Å²) in [4.78, 5) is 17.1. The number of aromatic nitrogens is 3. The van der Waals surface area contributed by atoms with Crippen molar-refractivity contribution in [3.05, 3.63) is 83.7 Å². The molecule has 34 heavy (non-hydrogen) atoms. The van der Waals surface area contributed by atoms with Gasteiger partial charge in [0.15, 0.2) is 11.0 Å². The van der Waals surface area contributed by atoms with E-state index in [1.807, 2.05) is 29.2 Å². The molecule has 0 saturated heterocycles. The summed E-state index contributed by atoms with van der Waals surface area (Å²) in [6, 6.07) is 20.9. The zero-order valence-electron chi connectivity index (χ0n) is 20.2. The minimum absolute atomic E-state index is 0.142. The van der Waals surface area contributed by atoms with Crippen molar-refractivity contribution in [3.8, 4) is 0 Å². The first-order chi connectivity index (χ1) is 16.6. The average molecular weight is 476 g/mol. The van der Waals surface area contributed by atoms with E-state index in [-0.39, 0.29) is 11.9 Å². The van der Waals surface area contributed by atoms with Crippen molar-refractivity contribution < 1.29 is 4.79 Å². The van der Waals surface area contributed by atoms with Crippen molar-refractivity contribution in [1.82, 2.24) is 24.6 Å². The second-order valence-electron chi connectivity index (χ2n) is 8.77. The van der Waals surface area contributed by atoms with Crippen molar-refractivity contribution in [2.24, 2.45) is 0 Å². The normalized spacial score (nSPS) is 14.8. The summed E-state index contributed by atoms with van der Waals surface area (Å²) in [5.41, 5.74) is 3.76. The highest BCUT2D eigenvalue weighted by atomic mass is 32.2. The van der Waals surface area contributed by atoms with Crippen LogP contribution in [0.3, 0.4) is 0 Å². The molecule has 0 saturated carbocycles. The summed E-state index contributed by atoms with van der Waals surface area (Å²) in [5, 5.41) is 9.85. The molecule has 2 aromatic carbocycles. The Bertz CT molecular complexity index is 1110. The molecule has 2 heterocycles. The van der Waals surface area contributed by atoms with Crippen LogP contribution in [0.15, 0.2) is 71.9 Å². The van der Waals surface area contributed by atoms with Gasteiger partial charge in [0.05, 0.1) is 18.3 Å². The van der Waals surface area contributed by atoms with Gasteiger partial charge in [-0.1, -0.05) is 85.4 Å². The lowest BCUT2D eigenvalue weighted by Gasteiger charge is -2.26. The minimum Gasteiger partial charge on any atom is -0.338 e. The molecule has 0 fully saturated rings. The molecule has 0 N–H and O–H groups in total. The predicted octanol–water partition coefficient (Wildman–Crippen LogP) is 4.75. The molecule has 3 aromatic rings. The van der Waals surface area contributed by atoms with Gasteiger partial charge in [-0.05, 0) is 43.6 Å². The molecule has 1 aliphatic heterocycles. The highest BCUT2D eigenvalue weighted by Crippen LogP contribution is 2.27. The van der Waals surface area contributed by atoms with Gasteiger partial charge < -0.3 is 9.47 Å². The van der Waals surface area contributed by atoms with Gasteiger partial charge in [-0.2, -0.15) is 0 Å². The van der Waals surface area contributed by atoms with Crippen molar-refractivity contribution in [2.45, 2.75) is 37.5 Å². The van der Waals surface area contributed by atoms with Crippen molar-refractivity contribution >= 4 is 23.2 Å². The number of thioether (sulfide) groups is 1. The minimum atomic E-state index is 0.142. The number of hydrogen-bond acceptors (Lipinski definition) is 5. The number of nitrogens with zero attached hydrogens (tertiary/aromatic N) is 5. The first kappa shape index (κ1) is 24.2. The van der Waals surface area contributed by atoms with Crippen LogP contribution in [0.4, 0.5) is 0 Å². The first-order valence-corrected chi connectivity index (χ1v) is 12.8. The summed E-state index contributed by atoms with van der Waals surface area (Å²) >= 11 is 1.48. The molecule has 4 rings (SSSR count). The maximum atomic E-state index is 13.0. The first-order valence-electron chi connectivity index (χ1n) is 11.8. The van der Waals surface area contributed by atoms with Crippen molar-refractivity contribution in [1.29, 1.82) is 0 Å². The van der Waals surface area contributed by atoms with Crippen LogP contribution in [0.1, 0.15) is 42.8 Å². The number of hydrogen-bond donors (Lipinski definition) is 0. The summed E-state index contributed by atoms with van der Waals surface area (Å²) in [6.45, 7) is 4.26. The number of amides is 1. The molecule has 1 atom stereocenters. The lowest BCUT2D eigenvalue weighted by molar-refractivity contribution is -0.127. The van der Waals surface area contributed by atoms with E-state index in [1.54, 1.807) is 0 Å². The number of rotatable bonds is 9. The molecular weight excluding hydrogens is 442 g/mol. The third kappa shape index (κ3) is 5.77. The van der Waals surface area contributed by atoms with E-state index in [0.717, 1.165) is 30.4 Å². The van der Waals surface area contributed by atoms with Gasteiger partial charge in [0, 0.05) is 13.1 Å². The van der Waals surface area contributed by atoms with Crippen molar-refractivity contribution in [2.75, 3.05) is 32.9 Å². The van der Waals surface area contributed by atoms with Crippen molar-refractivity contribution in [3.63, 3.8) is 0 Å². The van der Waals surface area contributed by atoms with Crippen LogP contribution in [0.5, 0.6) is 0 Å². The molecule has 0 spiro atoms. The lowest BCUT2D eigenvalue weighted by Crippen LogP contribution is -2.35. The van der Waals surface area contributed by atoms with Gasteiger partial charge in [0.25, 0.3) is 0 Å². The van der Waals surface area contributed by atoms with E-state index in [0.29, 0.717) is 18.8 Å². The number of carbonyl (C=O) groups excluding carboxylic acids is 1. The quantitative estimate of drug-likeness (QED) is 0.418. The fourth-order valence-corrected chi connectivity index (χ4v) is 5.22. The summed E-state index contributed by atoms with van der Waals surface area (Å²) in [6.07, 6.45) is 4.00. The highest BCUT2D eigenvalue weighted by molar-refractivity contribution is 7.99. The van der Waals surface area contributed by atoms with E-state index in [1.165, 1.54) is 28.5 Å². The second-order valence-corrected chi connectivity index (χ2v) is 9.72. The maximum absolute atomic E-state index is 13.0. The van der Waals surface area contributed by atoms with E-state index < -0.39 is 0 Å². The topological polar surface area (TPSA) is 54.3 Å². The van der Waals surface area contributed by atoms with Gasteiger partial charge >= 0.3 is 0 Å². The van der Waals surface area contributed by atoms with Crippen LogP contribution < -0.4 is 0 Å². The third-order valence-electron chi connectivity index (χ3n) is 6.27. The molecule has 1 aliphatic rings. The van der Waals surface area contributed by atoms with Crippen LogP contribution in [0, 0.1) is 0 Å². The van der Waals surface area contributed by atoms with E-state index in [4.69, 9.17) is 0 Å². The highest BCUT2D eigenvalue weighted by Gasteiger charge is 2.24.